The van der Waals surface area contributed by atoms with Crippen LogP contribution in [0.2, 0.25) is 0 Å². The Morgan fingerprint density at radius 3 is 1.95 bits per heavy atom. The zero-order chi connectivity index (χ0) is 14.6. The van der Waals surface area contributed by atoms with E-state index in [1.165, 1.54) is 51.4 Å². The van der Waals surface area contributed by atoms with Gasteiger partial charge < -0.3 is 0 Å². The number of rotatable bonds is 2. The Hall–Kier alpha value is -0.550. The molecule has 0 radical (unpaired) electrons. The molecule has 1 saturated carbocycles. The monoisotopic (exact) mass is 276 g/mol. The van der Waals surface area contributed by atoms with Crippen molar-refractivity contribution in [3.05, 3.63) is 0 Å². The molecule has 0 amide bonds. The van der Waals surface area contributed by atoms with Crippen LogP contribution in [-0.4, -0.2) is 24.0 Å². The van der Waals surface area contributed by atoms with Crippen molar-refractivity contribution in [3.8, 4) is 6.07 Å². The van der Waals surface area contributed by atoms with Gasteiger partial charge in [-0.1, -0.05) is 33.6 Å². The lowest BCUT2D eigenvalue weighted by atomic mass is 9.68. The molecular formula is C18H32N2. The number of nitriles is 1. The van der Waals surface area contributed by atoms with Gasteiger partial charge in [0.05, 0.1) is 6.07 Å². The van der Waals surface area contributed by atoms with E-state index < -0.39 is 0 Å². The molecule has 0 aromatic rings. The van der Waals surface area contributed by atoms with Gasteiger partial charge >= 0.3 is 0 Å². The largest absolute Gasteiger partial charge is 0.288 e. The van der Waals surface area contributed by atoms with Crippen LogP contribution < -0.4 is 0 Å². The molecule has 20 heavy (non-hydrogen) atoms. The summed E-state index contributed by atoms with van der Waals surface area (Å²) in [6.45, 7) is 9.41. The molecule has 0 spiro atoms. The second-order valence-electron chi connectivity index (χ2n) is 8.00. The highest BCUT2D eigenvalue weighted by molar-refractivity contribution is 4.99. The minimum atomic E-state index is 0.189. The standard InChI is InChI=1S/C18H32N2/c1-18(2,3)16-10-8-15(9-11-16)17(14-19)20-12-6-4-5-7-13-20/h15-17H,4-13H2,1-3H3. The SMILES string of the molecule is CC(C)(C)C1CCC(C(C#N)N2CCCCCC2)CC1. The van der Waals surface area contributed by atoms with Crippen molar-refractivity contribution in [2.75, 3.05) is 13.1 Å². The quantitative estimate of drug-likeness (QED) is 0.736. The summed E-state index contributed by atoms with van der Waals surface area (Å²) in [4.78, 5) is 2.50. The molecule has 1 aliphatic carbocycles. The molecule has 1 unspecified atom stereocenters. The average Bonchev–Trinajstić information content (AvgIpc) is 2.68. The Balaban J connectivity index is 1.91. The molecule has 2 aliphatic rings. The second kappa shape index (κ2) is 6.94. The molecule has 0 bridgehead atoms. The number of likely N-dealkylation sites (tertiary alicyclic amines) is 1. The molecule has 2 nitrogen and oxygen atoms in total. The predicted molar refractivity (Wildman–Crippen MR) is 84.3 cm³/mol. The molecule has 2 rings (SSSR count). The van der Waals surface area contributed by atoms with Crippen molar-refractivity contribution < 1.29 is 0 Å². The van der Waals surface area contributed by atoms with Gasteiger partial charge in [0.1, 0.15) is 6.04 Å². The third-order valence-electron chi connectivity index (χ3n) is 5.61. The predicted octanol–water partition coefficient (Wildman–Crippen LogP) is 4.61. The Labute approximate surface area is 125 Å². The van der Waals surface area contributed by atoms with Crippen LogP contribution in [0.4, 0.5) is 0 Å². The molecule has 2 fully saturated rings. The Morgan fingerprint density at radius 1 is 0.950 bits per heavy atom. The third-order valence-corrected chi connectivity index (χ3v) is 5.61. The highest BCUT2D eigenvalue weighted by atomic mass is 15.2. The lowest BCUT2D eigenvalue weighted by Gasteiger charge is -2.40. The van der Waals surface area contributed by atoms with Crippen LogP contribution in [0.15, 0.2) is 0 Å². The van der Waals surface area contributed by atoms with Crippen LogP contribution in [-0.2, 0) is 0 Å². The van der Waals surface area contributed by atoms with E-state index in [1.54, 1.807) is 0 Å². The summed E-state index contributed by atoms with van der Waals surface area (Å²) in [6.07, 6.45) is 10.4. The van der Waals surface area contributed by atoms with E-state index in [4.69, 9.17) is 0 Å². The van der Waals surface area contributed by atoms with Crippen LogP contribution in [0.1, 0.15) is 72.1 Å². The summed E-state index contributed by atoms with van der Waals surface area (Å²) in [5.74, 6) is 1.47. The first kappa shape index (κ1) is 15.8. The molecule has 1 atom stereocenters. The maximum Gasteiger partial charge on any atom is 0.101 e. The summed E-state index contributed by atoms with van der Waals surface area (Å²) >= 11 is 0. The van der Waals surface area contributed by atoms with Crippen molar-refractivity contribution in [1.29, 1.82) is 5.26 Å². The molecule has 2 heteroatoms. The molecular weight excluding hydrogens is 244 g/mol. The topological polar surface area (TPSA) is 27.0 Å². The van der Waals surface area contributed by atoms with Gasteiger partial charge in [0, 0.05) is 0 Å². The van der Waals surface area contributed by atoms with Crippen molar-refractivity contribution in [2.24, 2.45) is 17.3 Å². The minimum absolute atomic E-state index is 0.189. The lowest BCUT2D eigenvalue weighted by Crippen LogP contribution is -2.42. The molecule has 0 N–H and O–H groups in total. The van der Waals surface area contributed by atoms with E-state index >= 15 is 0 Å². The Morgan fingerprint density at radius 2 is 1.50 bits per heavy atom. The molecule has 114 valence electrons. The van der Waals surface area contributed by atoms with Crippen molar-refractivity contribution >= 4 is 0 Å². The van der Waals surface area contributed by atoms with Crippen LogP contribution in [0.25, 0.3) is 0 Å². The van der Waals surface area contributed by atoms with E-state index in [-0.39, 0.29) is 6.04 Å². The Kier molecular flexibility index (Phi) is 5.49. The van der Waals surface area contributed by atoms with Gasteiger partial charge in [-0.3, -0.25) is 4.90 Å². The van der Waals surface area contributed by atoms with E-state index in [1.807, 2.05) is 0 Å². The average molecular weight is 276 g/mol. The van der Waals surface area contributed by atoms with Gasteiger partial charge in [-0.05, 0) is 68.9 Å². The number of nitrogens with zero attached hydrogens (tertiary/aromatic N) is 2. The molecule has 1 saturated heterocycles. The van der Waals surface area contributed by atoms with E-state index in [0.29, 0.717) is 11.3 Å². The van der Waals surface area contributed by atoms with Gasteiger partial charge in [0.15, 0.2) is 0 Å². The third kappa shape index (κ3) is 3.98. The van der Waals surface area contributed by atoms with Crippen molar-refractivity contribution in [3.63, 3.8) is 0 Å². The maximum atomic E-state index is 9.66. The summed E-state index contributed by atoms with van der Waals surface area (Å²) in [6, 6.07) is 2.84. The molecule has 1 aliphatic heterocycles. The summed E-state index contributed by atoms with van der Waals surface area (Å²) in [5.41, 5.74) is 0.440. The van der Waals surface area contributed by atoms with Gasteiger partial charge in [-0.2, -0.15) is 5.26 Å². The molecule has 1 heterocycles. The Bertz CT molecular complexity index is 320. The van der Waals surface area contributed by atoms with E-state index in [2.05, 4.69) is 31.7 Å². The van der Waals surface area contributed by atoms with Gasteiger partial charge in [-0.15, -0.1) is 0 Å². The van der Waals surface area contributed by atoms with Crippen molar-refractivity contribution in [1.82, 2.24) is 4.90 Å². The fourth-order valence-corrected chi connectivity index (χ4v) is 4.16. The van der Waals surface area contributed by atoms with Crippen LogP contribution in [0, 0.1) is 28.6 Å². The maximum absolute atomic E-state index is 9.66. The summed E-state index contributed by atoms with van der Waals surface area (Å²) in [7, 11) is 0. The van der Waals surface area contributed by atoms with Gasteiger partial charge in [0.25, 0.3) is 0 Å². The van der Waals surface area contributed by atoms with Crippen molar-refractivity contribution in [2.45, 2.75) is 78.2 Å². The normalized spacial score (nSPS) is 31.3. The first-order valence-corrected chi connectivity index (χ1v) is 8.66. The number of hydrogen-bond acceptors (Lipinski definition) is 2. The van der Waals surface area contributed by atoms with Crippen LogP contribution in [0.3, 0.4) is 0 Å². The fourth-order valence-electron chi connectivity index (χ4n) is 4.16. The molecule has 0 aromatic carbocycles. The molecule has 0 aromatic heterocycles. The zero-order valence-corrected chi connectivity index (χ0v) is 13.7. The smallest absolute Gasteiger partial charge is 0.101 e. The number of hydrogen-bond donors (Lipinski definition) is 0. The second-order valence-corrected chi connectivity index (χ2v) is 8.00. The van der Waals surface area contributed by atoms with Gasteiger partial charge in [0.2, 0.25) is 0 Å². The summed E-state index contributed by atoms with van der Waals surface area (Å²) in [5, 5.41) is 9.66. The van der Waals surface area contributed by atoms with Crippen LogP contribution >= 0.6 is 0 Å². The fraction of sp³-hybridized carbons (Fsp3) is 0.944. The first-order valence-electron chi connectivity index (χ1n) is 8.66. The van der Waals surface area contributed by atoms with E-state index in [9.17, 15) is 5.26 Å². The minimum Gasteiger partial charge on any atom is -0.288 e. The first-order chi connectivity index (χ1) is 9.52. The van der Waals surface area contributed by atoms with Crippen LogP contribution in [0.5, 0.6) is 0 Å². The summed E-state index contributed by atoms with van der Waals surface area (Å²) < 4.78 is 0. The zero-order valence-electron chi connectivity index (χ0n) is 13.7. The highest BCUT2D eigenvalue weighted by Crippen LogP contribution is 2.41. The van der Waals surface area contributed by atoms with Gasteiger partial charge in [-0.25, -0.2) is 0 Å². The van der Waals surface area contributed by atoms with E-state index in [0.717, 1.165) is 19.0 Å². The highest BCUT2D eigenvalue weighted by Gasteiger charge is 2.35. The lowest BCUT2D eigenvalue weighted by molar-refractivity contribution is 0.103.